The number of piperidine rings is 1. The fraction of sp³-hybridized carbons (Fsp3) is 0.556. The second-order valence-electron chi connectivity index (χ2n) is 9.73. The predicted octanol–water partition coefficient (Wildman–Crippen LogP) is 3.31. The highest BCUT2D eigenvalue weighted by Gasteiger charge is 2.53. The summed E-state index contributed by atoms with van der Waals surface area (Å²) >= 11 is 1.64. The van der Waals surface area contributed by atoms with Crippen LogP contribution in [0.25, 0.3) is 0 Å². The van der Waals surface area contributed by atoms with Gasteiger partial charge in [0.2, 0.25) is 11.8 Å². The summed E-state index contributed by atoms with van der Waals surface area (Å²) in [4.78, 5) is 47.3. The molecule has 1 atom stereocenters. The summed E-state index contributed by atoms with van der Waals surface area (Å²) in [6.07, 6.45) is 5.41. The van der Waals surface area contributed by atoms with Crippen molar-refractivity contribution in [3.05, 3.63) is 52.5 Å². The Morgan fingerprint density at radius 1 is 1.22 bits per heavy atom. The summed E-state index contributed by atoms with van der Waals surface area (Å²) < 4.78 is 5.22. The maximum atomic E-state index is 13.5. The lowest BCUT2D eigenvalue weighted by atomic mass is 9.81. The van der Waals surface area contributed by atoms with E-state index in [2.05, 4.69) is 20.5 Å². The van der Waals surface area contributed by atoms with E-state index >= 15 is 0 Å². The van der Waals surface area contributed by atoms with Gasteiger partial charge in [-0.2, -0.15) is 0 Å². The van der Waals surface area contributed by atoms with Gasteiger partial charge in [-0.15, -0.1) is 11.3 Å². The number of hydrogen-bond acceptors (Lipinski definition) is 7. The number of carbonyl (C=O) groups excluding carboxylic acids is 3. The number of benzene rings is 1. The molecule has 0 radical (unpaired) electrons. The summed E-state index contributed by atoms with van der Waals surface area (Å²) in [5.41, 5.74) is 0.177. The van der Waals surface area contributed by atoms with Gasteiger partial charge in [0.1, 0.15) is 23.2 Å². The van der Waals surface area contributed by atoms with Crippen LogP contribution in [0.3, 0.4) is 0 Å². The molecular weight excluding hydrogens is 490 g/mol. The molecule has 200 valence electrons. The molecule has 2 aliphatic rings. The monoisotopic (exact) mass is 527 g/mol. The van der Waals surface area contributed by atoms with Crippen molar-refractivity contribution < 1.29 is 19.1 Å². The number of aromatic nitrogens is 1. The normalized spacial score (nSPS) is 19.6. The first-order chi connectivity index (χ1) is 18.0. The van der Waals surface area contributed by atoms with E-state index in [-0.39, 0.29) is 18.4 Å². The molecule has 3 heterocycles. The molecule has 10 heteroatoms. The van der Waals surface area contributed by atoms with Crippen LogP contribution in [0, 0.1) is 0 Å². The Balaban J connectivity index is 1.22. The summed E-state index contributed by atoms with van der Waals surface area (Å²) in [6.45, 7) is 5.63. The van der Waals surface area contributed by atoms with Crippen LogP contribution in [0.5, 0.6) is 0 Å². The fourth-order valence-electron chi connectivity index (χ4n) is 5.16. The van der Waals surface area contributed by atoms with Gasteiger partial charge in [-0.25, -0.2) is 9.78 Å². The van der Waals surface area contributed by atoms with Gasteiger partial charge >= 0.3 is 6.09 Å². The lowest BCUT2D eigenvalue weighted by Gasteiger charge is -2.51. The molecule has 0 bridgehead atoms. The Hall–Kier alpha value is -2.98. The van der Waals surface area contributed by atoms with Gasteiger partial charge < -0.3 is 20.3 Å². The molecule has 0 unspecified atom stereocenters. The zero-order valence-electron chi connectivity index (χ0n) is 21.5. The van der Waals surface area contributed by atoms with E-state index < -0.39 is 17.7 Å². The average molecular weight is 528 g/mol. The van der Waals surface area contributed by atoms with Gasteiger partial charge in [0.25, 0.3) is 0 Å². The van der Waals surface area contributed by atoms with E-state index in [0.717, 1.165) is 36.6 Å². The second-order valence-corrected chi connectivity index (χ2v) is 10.7. The van der Waals surface area contributed by atoms with Gasteiger partial charge in [-0.05, 0) is 44.1 Å². The van der Waals surface area contributed by atoms with Crippen molar-refractivity contribution in [1.82, 2.24) is 25.4 Å². The Labute approximate surface area is 222 Å². The molecule has 0 aliphatic carbocycles. The summed E-state index contributed by atoms with van der Waals surface area (Å²) in [6, 6.07) is 9.01. The lowest BCUT2D eigenvalue weighted by molar-refractivity contribution is -0.161. The van der Waals surface area contributed by atoms with Crippen LogP contribution in [0.4, 0.5) is 4.79 Å². The van der Waals surface area contributed by atoms with Crippen molar-refractivity contribution in [2.45, 2.75) is 70.2 Å². The molecule has 1 spiro atoms. The molecule has 3 amide bonds. The van der Waals surface area contributed by atoms with Crippen molar-refractivity contribution >= 4 is 29.2 Å². The second kappa shape index (κ2) is 13.0. The third-order valence-corrected chi connectivity index (χ3v) is 7.95. The van der Waals surface area contributed by atoms with Gasteiger partial charge in [-0.3, -0.25) is 14.5 Å². The van der Waals surface area contributed by atoms with Crippen LogP contribution in [-0.4, -0.2) is 70.5 Å². The third-order valence-electron chi connectivity index (χ3n) is 7.18. The standard InChI is InChI=1S/C27H37N5O4S/c1-2-15-32-24(33)22(10-6-7-13-29-26(35)36-20-21-8-4-3-5-9-21)30-25(34)27(32)11-16-31(17-12-27)19-23-28-14-18-37-23/h3-5,8-9,14,18,22H,2,6-7,10-13,15-17,19-20H2,1H3,(H,29,35)(H,30,34)/t22-/m0/s1. The quantitative estimate of drug-likeness (QED) is 0.435. The molecule has 2 fully saturated rings. The van der Waals surface area contributed by atoms with Crippen LogP contribution < -0.4 is 10.6 Å². The molecular formula is C27H37N5O4S. The number of nitrogens with one attached hydrogen (secondary N) is 2. The van der Waals surface area contributed by atoms with E-state index in [1.54, 1.807) is 11.3 Å². The number of piperazine rings is 1. The average Bonchev–Trinajstić information content (AvgIpc) is 3.43. The Kier molecular flexibility index (Phi) is 9.51. The molecule has 1 aromatic heterocycles. The Morgan fingerprint density at radius 2 is 2.00 bits per heavy atom. The Morgan fingerprint density at radius 3 is 2.70 bits per heavy atom. The largest absolute Gasteiger partial charge is 0.445 e. The Bertz CT molecular complexity index is 1020. The van der Waals surface area contributed by atoms with E-state index in [1.807, 2.05) is 53.7 Å². The zero-order valence-corrected chi connectivity index (χ0v) is 22.3. The van der Waals surface area contributed by atoms with Crippen molar-refractivity contribution in [3.8, 4) is 0 Å². The molecule has 2 aromatic rings. The smallest absolute Gasteiger partial charge is 0.407 e. The maximum absolute atomic E-state index is 13.5. The molecule has 0 saturated carbocycles. The fourth-order valence-corrected chi connectivity index (χ4v) is 5.82. The molecule has 2 saturated heterocycles. The number of rotatable bonds is 11. The topological polar surface area (TPSA) is 104 Å². The minimum Gasteiger partial charge on any atom is -0.445 e. The lowest BCUT2D eigenvalue weighted by Crippen LogP contribution is -2.72. The van der Waals surface area contributed by atoms with Crippen LogP contribution in [0.15, 0.2) is 41.9 Å². The first kappa shape index (κ1) is 27.1. The number of thiazole rings is 1. The summed E-state index contributed by atoms with van der Waals surface area (Å²) in [5, 5.41) is 8.85. The van der Waals surface area contributed by atoms with E-state index in [4.69, 9.17) is 4.74 Å². The highest BCUT2D eigenvalue weighted by molar-refractivity contribution is 7.09. The van der Waals surface area contributed by atoms with Gasteiger partial charge in [0, 0.05) is 37.8 Å². The van der Waals surface area contributed by atoms with Crippen LogP contribution in [0.2, 0.25) is 0 Å². The van der Waals surface area contributed by atoms with Gasteiger partial charge in [-0.1, -0.05) is 37.3 Å². The SMILES string of the molecule is CCCN1C(=O)[C@H](CCCCNC(=O)OCc2ccccc2)NC(=O)C12CCN(Cc1nccs1)CC2. The molecule has 1 aromatic carbocycles. The van der Waals surface area contributed by atoms with E-state index in [0.29, 0.717) is 45.2 Å². The minimum absolute atomic E-state index is 0.0186. The number of likely N-dealkylation sites (tertiary alicyclic amines) is 1. The van der Waals surface area contributed by atoms with Crippen LogP contribution in [-0.2, 0) is 27.5 Å². The van der Waals surface area contributed by atoms with E-state index in [9.17, 15) is 14.4 Å². The first-order valence-electron chi connectivity index (χ1n) is 13.2. The molecule has 37 heavy (non-hydrogen) atoms. The molecule has 2 N–H and O–H groups in total. The predicted molar refractivity (Wildman–Crippen MR) is 142 cm³/mol. The number of unbranched alkanes of at least 4 members (excludes halogenated alkanes) is 1. The van der Waals surface area contributed by atoms with Crippen molar-refractivity contribution in [3.63, 3.8) is 0 Å². The number of carbonyl (C=O) groups is 3. The summed E-state index contributed by atoms with van der Waals surface area (Å²) in [5.74, 6) is -0.00730. The minimum atomic E-state index is -0.757. The number of ether oxygens (including phenoxy) is 1. The number of amides is 3. The molecule has 9 nitrogen and oxygen atoms in total. The van der Waals surface area contributed by atoms with Gasteiger partial charge in [0.15, 0.2) is 0 Å². The highest BCUT2D eigenvalue weighted by atomic mass is 32.1. The third kappa shape index (κ3) is 6.87. The van der Waals surface area contributed by atoms with Crippen LogP contribution >= 0.6 is 11.3 Å². The van der Waals surface area contributed by atoms with Crippen molar-refractivity contribution in [2.75, 3.05) is 26.2 Å². The summed E-state index contributed by atoms with van der Waals surface area (Å²) in [7, 11) is 0. The highest BCUT2D eigenvalue weighted by Crippen LogP contribution is 2.34. The number of nitrogens with zero attached hydrogens (tertiary/aromatic N) is 3. The number of alkyl carbamates (subject to hydrolysis) is 1. The van der Waals surface area contributed by atoms with Crippen LogP contribution in [0.1, 0.15) is 56.0 Å². The van der Waals surface area contributed by atoms with Gasteiger partial charge in [0.05, 0.1) is 6.54 Å². The van der Waals surface area contributed by atoms with Crippen molar-refractivity contribution in [1.29, 1.82) is 0 Å². The maximum Gasteiger partial charge on any atom is 0.407 e. The zero-order chi connectivity index (χ0) is 26.1. The molecule has 4 rings (SSSR count). The van der Waals surface area contributed by atoms with E-state index in [1.165, 1.54) is 0 Å². The van der Waals surface area contributed by atoms with Crippen molar-refractivity contribution in [2.24, 2.45) is 0 Å². The first-order valence-corrected chi connectivity index (χ1v) is 14.1. The number of hydrogen-bond donors (Lipinski definition) is 2. The molecule has 2 aliphatic heterocycles.